The Balaban J connectivity index is 2.46. The molecule has 0 radical (unpaired) electrons. The molecule has 102 valence electrons. The second-order valence-corrected chi connectivity index (χ2v) is 5.85. The molecule has 0 fully saturated rings. The van der Waals surface area contributed by atoms with Gasteiger partial charge < -0.3 is 4.74 Å². The maximum atomic E-state index is 11.9. The minimum absolute atomic E-state index is 0.362. The largest absolute Gasteiger partial charge is 0.385 e. The minimum atomic E-state index is -3.41. The van der Waals surface area contributed by atoms with E-state index < -0.39 is 10.2 Å². The van der Waals surface area contributed by atoms with Crippen molar-refractivity contribution in [2.75, 3.05) is 27.3 Å². The zero-order valence-corrected chi connectivity index (χ0v) is 11.6. The van der Waals surface area contributed by atoms with Gasteiger partial charge >= 0.3 is 0 Å². The van der Waals surface area contributed by atoms with Crippen LogP contribution in [0.3, 0.4) is 0 Å². The van der Waals surface area contributed by atoms with E-state index >= 15 is 0 Å². The average molecular weight is 272 g/mol. The summed E-state index contributed by atoms with van der Waals surface area (Å²) in [5, 5.41) is 0. The second kappa shape index (κ2) is 7.48. The number of benzene rings is 1. The monoisotopic (exact) mass is 272 g/mol. The molecule has 1 rings (SSSR count). The summed E-state index contributed by atoms with van der Waals surface area (Å²) >= 11 is 0. The van der Waals surface area contributed by atoms with Crippen LogP contribution in [0.15, 0.2) is 30.3 Å². The van der Waals surface area contributed by atoms with Crippen LogP contribution in [0.4, 0.5) is 0 Å². The first-order valence-corrected chi connectivity index (χ1v) is 7.24. The van der Waals surface area contributed by atoms with E-state index in [1.165, 1.54) is 4.31 Å². The van der Waals surface area contributed by atoms with E-state index in [0.29, 0.717) is 26.1 Å². The Bertz CT molecular complexity index is 434. The number of rotatable bonds is 8. The van der Waals surface area contributed by atoms with E-state index in [2.05, 4.69) is 4.72 Å². The third kappa shape index (κ3) is 5.14. The normalized spacial score (nSPS) is 11.9. The SMILES string of the molecule is COCCCNS(=O)(=O)N(C)Cc1ccccc1. The van der Waals surface area contributed by atoms with Crippen molar-refractivity contribution in [3.8, 4) is 0 Å². The summed E-state index contributed by atoms with van der Waals surface area (Å²) in [5.74, 6) is 0. The van der Waals surface area contributed by atoms with Gasteiger partial charge in [-0.15, -0.1) is 0 Å². The Kier molecular flexibility index (Phi) is 6.28. The summed E-state index contributed by atoms with van der Waals surface area (Å²) in [5.41, 5.74) is 0.960. The lowest BCUT2D eigenvalue weighted by Crippen LogP contribution is -2.38. The van der Waals surface area contributed by atoms with Crippen molar-refractivity contribution in [2.45, 2.75) is 13.0 Å². The highest BCUT2D eigenvalue weighted by atomic mass is 32.2. The third-order valence-electron chi connectivity index (χ3n) is 2.47. The molecule has 0 bridgehead atoms. The van der Waals surface area contributed by atoms with Crippen molar-refractivity contribution in [2.24, 2.45) is 0 Å². The van der Waals surface area contributed by atoms with E-state index in [0.717, 1.165) is 5.56 Å². The first-order chi connectivity index (χ1) is 8.56. The molecular weight excluding hydrogens is 252 g/mol. The van der Waals surface area contributed by atoms with Crippen LogP contribution in [-0.2, 0) is 21.5 Å². The summed E-state index contributed by atoms with van der Waals surface area (Å²) < 4.78 is 32.4. The Labute approximate surface area is 109 Å². The van der Waals surface area contributed by atoms with Crippen LogP contribution >= 0.6 is 0 Å². The molecule has 5 nitrogen and oxygen atoms in total. The third-order valence-corrected chi connectivity index (χ3v) is 3.99. The van der Waals surface area contributed by atoms with Gasteiger partial charge in [0.2, 0.25) is 0 Å². The number of ether oxygens (including phenoxy) is 1. The molecule has 18 heavy (non-hydrogen) atoms. The van der Waals surface area contributed by atoms with Crippen molar-refractivity contribution in [1.82, 2.24) is 9.03 Å². The number of hydrogen-bond acceptors (Lipinski definition) is 3. The topological polar surface area (TPSA) is 58.6 Å². The van der Waals surface area contributed by atoms with E-state index in [-0.39, 0.29) is 0 Å². The predicted octanol–water partition coefficient (Wildman–Crippen LogP) is 0.989. The molecule has 0 saturated carbocycles. The van der Waals surface area contributed by atoms with Gasteiger partial charge in [-0.05, 0) is 12.0 Å². The van der Waals surface area contributed by atoms with Gasteiger partial charge in [0.1, 0.15) is 0 Å². The van der Waals surface area contributed by atoms with Crippen LogP contribution in [0.25, 0.3) is 0 Å². The lowest BCUT2D eigenvalue weighted by atomic mass is 10.2. The van der Waals surface area contributed by atoms with Gasteiger partial charge in [-0.25, -0.2) is 4.72 Å². The first-order valence-electron chi connectivity index (χ1n) is 5.80. The van der Waals surface area contributed by atoms with Gasteiger partial charge in [0, 0.05) is 33.9 Å². The lowest BCUT2D eigenvalue weighted by Gasteiger charge is -2.17. The van der Waals surface area contributed by atoms with Crippen molar-refractivity contribution < 1.29 is 13.2 Å². The summed E-state index contributed by atoms with van der Waals surface area (Å²) in [6.07, 6.45) is 0.662. The summed E-state index contributed by atoms with van der Waals surface area (Å²) in [6.45, 7) is 1.29. The zero-order valence-electron chi connectivity index (χ0n) is 10.8. The molecule has 0 atom stereocenters. The van der Waals surface area contributed by atoms with E-state index in [1.54, 1.807) is 14.2 Å². The molecule has 0 saturated heterocycles. The summed E-state index contributed by atoms with van der Waals surface area (Å²) in [7, 11) is -0.257. The van der Waals surface area contributed by atoms with E-state index in [9.17, 15) is 8.42 Å². The molecule has 0 aliphatic carbocycles. The Morgan fingerprint density at radius 3 is 2.56 bits per heavy atom. The maximum absolute atomic E-state index is 11.9. The van der Waals surface area contributed by atoms with Crippen molar-refractivity contribution >= 4 is 10.2 Å². The van der Waals surface area contributed by atoms with Gasteiger partial charge in [-0.2, -0.15) is 12.7 Å². The summed E-state index contributed by atoms with van der Waals surface area (Å²) in [4.78, 5) is 0. The van der Waals surface area contributed by atoms with Crippen LogP contribution in [0, 0.1) is 0 Å². The maximum Gasteiger partial charge on any atom is 0.279 e. The lowest BCUT2D eigenvalue weighted by molar-refractivity contribution is 0.195. The van der Waals surface area contributed by atoms with Crippen LogP contribution in [-0.4, -0.2) is 40.0 Å². The fraction of sp³-hybridized carbons (Fsp3) is 0.500. The standard InChI is InChI=1S/C12H20N2O3S/c1-14(11-12-7-4-3-5-8-12)18(15,16)13-9-6-10-17-2/h3-5,7-8,13H,6,9-11H2,1-2H3. The van der Waals surface area contributed by atoms with Crippen LogP contribution in [0.1, 0.15) is 12.0 Å². The molecule has 0 aromatic heterocycles. The average Bonchev–Trinajstić information content (AvgIpc) is 2.36. The fourth-order valence-corrected chi connectivity index (χ4v) is 2.40. The molecule has 0 spiro atoms. The van der Waals surface area contributed by atoms with E-state index in [4.69, 9.17) is 4.74 Å². The van der Waals surface area contributed by atoms with Gasteiger partial charge in [0.05, 0.1) is 0 Å². The van der Waals surface area contributed by atoms with Gasteiger partial charge in [0.15, 0.2) is 0 Å². The van der Waals surface area contributed by atoms with Gasteiger partial charge in [-0.1, -0.05) is 30.3 Å². The Morgan fingerprint density at radius 2 is 1.94 bits per heavy atom. The molecule has 1 N–H and O–H groups in total. The number of hydrogen-bond donors (Lipinski definition) is 1. The fourth-order valence-electron chi connectivity index (χ4n) is 1.45. The number of nitrogens with one attached hydrogen (secondary N) is 1. The van der Waals surface area contributed by atoms with Gasteiger partial charge in [-0.3, -0.25) is 0 Å². The molecule has 0 heterocycles. The van der Waals surface area contributed by atoms with Crippen LogP contribution < -0.4 is 4.72 Å². The second-order valence-electron chi connectivity index (χ2n) is 3.99. The predicted molar refractivity (Wildman–Crippen MR) is 71.3 cm³/mol. The zero-order chi connectivity index (χ0) is 13.4. The number of methoxy groups -OCH3 is 1. The first kappa shape index (κ1) is 15.1. The van der Waals surface area contributed by atoms with Gasteiger partial charge in [0.25, 0.3) is 10.2 Å². The smallest absolute Gasteiger partial charge is 0.279 e. The van der Waals surface area contributed by atoms with Crippen LogP contribution in [0.2, 0.25) is 0 Å². The Morgan fingerprint density at radius 1 is 1.28 bits per heavy atom. The van der Waals surface area contributed by atoms with Crippen molar-refractivity contribution in [1.29, 1.82) is 0 Å². The molecule has 0 aliphatic heterocycles. The number of nitrogens with zero attached hydrogens (tertiary/aromatic N) is 1. The highest BCUT2D eigenvalue weighted by molar-refractivity contribution is 7.87. The van der Waals surface area contributed by atoms with E-state index in [1.807, 2.05) is 30.3 Å². The molecular formula is C12H20N2O3S. The quantitative estimate of drug-likeness (QED) is 0.718. The van der Waals surface area contributed by atoms with Crippen LogP contribution in [0.5, 0.6) is 0 Å². The highest BCUT2D eigenvalue weighted by Crippen LogP contribution is 2.05. The highest BCUT2D eigenvalue weighted by Gasteiger charge is 2.16. The summed E-state index contributed by atoms with van der Waals surface area (Å²) in [6, 6.07) is 9.48. The molecule has 0 unspecified atom stereocenters. The van der Waals surface area contributed by atoms with Crippen molar-refractivity contribution in [3.63, 3.8) is 0 Å². The molecule has 0 amide bonds. The van der Waals surface area contributed by atoms with Crippen molar-refractivity contribution in [3.05, 3.63) is 35.9 Å². The molecule has 1 aromatic carbocycles. The molecule has 1 aromatic rings. The Hall–Kier alpha value is -0.950. The molecule has 0 aliphatic rings. The minimum Gasteiger partial charge on any atom is -0.385 e. The molecule has 6 heteroatoms.